The number of urea groups is 1. The normalized spacial score (nSPS) is 9.76. The van der Waals surface area contributed by atoms with Gasteiger partial charge in [0.1, 0.15) is 0 Å². The zero-order valence-electron chi connectivity index (χ0n) is 9.74. The van der Waals surface area contributed by atoms with Crippen molar-refractivity contribution in [1.82, 2.24) is 10.6 Å². The molecule has 1 rings (SSSR count). The van der Waals surface area contributed by atoms with E-state index in [4.69, 9.17) is 5.73 Å². The topological polar surface area (TPSA) is 84.2 Å². The van der Waals surface area contributed by atoms with Crippen LogP contribution in [0.1, 0.15) is 5.56 Å². The van der Waals surface area contributed by atoms with E-state index < -0.39 is 6.03 Å². The number of nitrogen functional groups attached to an aromatic ring is 1. The van der Waals surface area contributed by atoms with Gasteiger partial charge in [-0.05, 0) is 24.6 Å². The molecule has 0 radical (unpaired) electrons. The van der Waals surface area contributed by atoms with E-state index in [1.165, 1.54) is 18.8 Å². The molecule has 5 nitrogen and oxygen atoms in total. The van der Waals surface area contributed by atoms with Crippen molar-refractivity contribution < 1.29 is 9.59 Å². The van der Waals surface area contributed by atoms with Gasteiger partial charge in [0.15, 0.2) is 0 Å². The van der Waals surface area contributed by atoms with Crippen molar-refractivity contribution in [3.8, 4) is 0 Å². The fourth-order valence-electron chi connectivity index (χ4n) is 1.16. The molecule has 0 aliphatic carbocycles. The molecule has 0 heterocycles. The summed E-state index contributed by atoms with van der Waals surface area (Å²) in [5, 5.41) is 4.51. The Labute approximate surface area is 104 Å². The molecule has 0 bridgehead atoms. The molecule has 92 valence electrons. The van der Waals surface area contributed by atoms with Gasteiger partial charge in [0.05, 0.1) is 5.75 Å². The molecular weight excluding hydrogens is 238 g/mol. The van der Waals surface area contributed by atoms with Crippen LogP contribution >= 0.6 is 11.8 Å². The van der Waals surface area contributed by atoms with Gasteiger partial charge in [-0.1, -0.05) is 6.07 Å². The standard InChI is InChI=1S/C11H15N3O2S/c1-7-8(12)4-3-5-9(7)17-6-10(15)14-11(16)13-2/h3-5H,6,12H2,1-2H3,(H2,13,14,15,16). The molecular formula is C11H15N3O2S. The van der Waals surface area contributed by atoms with Crippen molar-refractivity contribution in [2.75, 3.05) is 18.5 Å². The summed E-state index contributed by atoms with van der Waals surface area (Å²) < 4.78 is 0. The highest BCUT2D eigenvalue weighted by atomic mass is 32.2. The zero-order chi connectivity index (χ0) is 12.8. The van der Waals surface area contributed by atoms with E-state index in [1.54, 1.807) is 0 Å². The molecule has 0 saturated carbocycles. The van der Waals surface area contributed by atoms with E-state index in [9.17, 15) is 9.59 Å². The van der Waals surface area contributed by atoms with Crippen LogP contribution in [0.3, 0.4) is 0 Å². The highest BCUT2D eigenvalue weighted by molar-refractivity contribution is 8.00. The highest BCUT2D eigenvalue weighted by Gasteiger charge is 2.08. The molecule has 0 saturated heterocycles. The summed E-state index contributed by atoms with van der Waals surface area (Å²) in [5.74, 6) is -0.159. The van der Waals surface area contributed by atoms with Crippen LogP contribution in [0.4, 0.5) is 10.5 Å². The predicted molar refractivity (Wildman–Crippen MR) is 68.9 cm³/mol. The summed E-state index contributed by atoms with van der Waals surface area (Å²) in [6, 6.07) is 5.04. The van der Waals surface area contributed by atoms with Gasteiger partial charge in [-0.2, -0.15) is 0 Å². The molecule has 1 aromatic carbocycles. The second kappa shape index (κ2) is 6.15. The van der Waals surface area contributed by atoms with E-state index >= 15 is 0 Å². The molecule has 0 aliphatic rings. The number of benzene rings is 1. The van der Waals surface area contributed by atoms with Crippen LogP contribution in [-0.2, 0) is 4.79 Å². The van der Waals surface area contributed by atoms with Crippen LogP contribution in [-0.4, -0.2) is 24.7 Å². The lowest BCUT2D eigenvalue weighted by Gasteiger charge is -2.07. The lowest BCUT2D eigenvalue weighted by Crippen LogP contribution is -2.38. The van der Waals surface area contributed by atoms with Crippen molar-refractivity contribution in [1.29, 1.82) is 0 Å². The number of nitrogens with two attached hydrogens (primary N) is 1. The number of imide groups is 1. The highest BCUT2D eigenvalue weighted by Crippen LogP contribution is 2.25. The number of rotatable bonds is 3. The molecule has 17 heavy (non-hydrogen) atoms. The Morgan fingerprint density at radius 2 is 2.12 bits per heavy atom. The van der Waals surface area contributed by atoms with E-state index in [-0.39, 0.29) is 11.7 Å². The average molecular weight is 253 g/mol. The van der Waals surface area contributed by atoms with Crippen molar-refractivity contribution in [3.05, 3.63) is 23.8 Å². The molecule has 3 amide bonds. The first-order valence-electron chi connectivity index (χ1n) is 5.04. The molecule has 4 N–H and O–H groups in total. The van der Waals surface area contributed by atoms with Gasteiger partial charge in [0.25, 0.3) is 0 Å². The average Bonchev–Trinajstić information content (AvgIpc) is 2.31. The largest absolute Gasteiger partial charge is 0.398 e. The third-order valence-corrected chi connectivity index (χ3v) is 3.32. The molecule has 6 heteroatoms. The number of carbonyl (C=O) groups is 2. The van der Waals surface area contributed by atoms with Crippen LogP contribution in [0, 0.1) is 6.92 Å². The quantitative estimate of drug-likeness (QED) is 0.557. The van der Waals surface area contributed by atoms with Gasteiger partial charge < -0.3 is 11.1 Å². The fraction of sp³-hybridized carbons (Fsp3) is 0.273. The Hall–Kier alpha value is -1.69. The molecule has 0 fully saturated rings. The van der Waals surface area contributed by atoms with Crippen LogP contribution in [0.25, 0.3) is 0 Å². The zero-order valence-corrected chi connectivity index (χ0v) is 10.6. The van der Waals surface area contributed by atoms with Crippen molar-refractivity contribution in [3.63, 3.8) is 0 Å². The van der Waals surface area contributed by atoms with Crippen molar-refractivity contribution >= 4 is 29.4 Å². The lowest BCUT2D eigenvalue weighted by molar-refractivity contribution is -0.117. The first-order chi connectivity index (χ1) is 8.04. The van der Waals surface area contributed by atoms with E-state index in [2.05, 4.69) is 10.6 Å². The maximum Gasteiger partial charge on any atom is 0.321 e. The van der Waals surface area contributed by atoms with Crippen LogP contribution < -0.4 is 16.4 Å². The molecule has 0 spiro atoms. The Morgan fingerprint density at radius 1 is 1.41 bits per heavy atom. The van der Waals surface area contributed by atoms with Crippen molar-refractivity contribution in [2.45, 2.75) is 11.8 Å². The van der Waals surface area contributed by atoms with Gasteiger partial charge in [-0.25, -0.2) is 4.79 Å². The number of amides is 3. The second-order valence-corrected chi connectivity index (χ2v) is 4.40. The van der Waals surface area contributed by atoms with E-state index in [0.29, 0.717) is 5.69 Å². The van der Waals surface area contributed by atoms with E-state index in [1.807, 2.05) is 25.1 Å². The van der Waals surface area contributed by atoms with Gasteiger partial charge in [-0.3, -0.25) is 10.1 Å². The number of hydrogen-bond donors (Lipinski definition) is 3. The maximum atomic E-state index is 11.4. The molecule has 0 aromatic heterocycles. The Morgan fingerprint density at radius 3 is 2.76 bits per heavy atom. The summed E-state index contributed by atoms with van der Waals surface area (Å²) in [5.41, 5.74) is 7.40. The van der Waals surface area contributed by atoms with Gasteiger partial charge in [0.2, 0.25) is 5.91 Å². The Kier molecular flexibility index (Phi) is 4.84. The third-order valence-electron chi connectivity index (χ3n) is 2.16. The smallest absolute Gasteiger partial charge is 0.321 e. The summed E-state index contributed by atoms with van der Waals surface area (Å²) in [7, 11) is 1.46. The van der Waals surface area contributed by atoms with Crippen LogP contribution in [0.5, 0.6) is 0 Å². The fourth-order valence-corrected chi connectivity index (χ4v) is 2.02. The monoisotopic (exact) mass is 253 g/mol. The minimum absolute atomic E-state index is 0.178. The number of hydrogen-bond acceptors (Lipinski definition) is 4. The molecule has 1 aromatic rings. The first kappa shape index (κ1) is 13.4. The Balaban J connectivity index is 2.53. The summed E-state index contributed by atoms with van der Waals surface area (Å²) in [6.45, 7) is 1.90. The minimum atomic E-state index is -0.500. The number of nitrogens with one attached hydrogen (secondary N) is 2. The molecule has 0 unspecified atom stereocenters. The van der Waals surface area contributed by atoms with E-state index in [0.717, 1.165) is 10.5 Å². The number of carbonyl (C=O) groups excluding carboxylic acids is 2. The summed E-state index contributed by atoms with van der Waals surface area (Å²) >= 11 is 1.35. The SMILES string of the molecule is CNC(=O)NC(=O)CSc1cccc(N)c1C. The van der Waals surface area contributed by atoms with Crippen LogP contribution in [0.2, 0.25) is 0 Å². The summed E-state index contributed by atoms with van der Waals surface area (Å²) in [6.07, 6.45) is 0. The first-order valence-corrected chi connectivity index (χ1v) is 6.02. The van der Waals surface area contributed by atoms with Crippen molar-refractivity contribution in [2.24, 2.45) is 0 Å². The number of thioether (sulfide) groups is 1. The van der Waals surface area contributed by atoms with Crippen LogP contribution in [0.15, 0.2) is 23.1 Å². The van der Waals surface area contributed by atoms with Gasteiger partial charge in [0, 0.05) is 17.6 Å². The number of anilines is 1. The Bertz CT molecular complexity index is 435. The molecule has 0 aliphatic heterocycles. The lowest BCUT2D eigenvalue weighted by atomic mass is 10.2. The maximum absolute atomic E-state index is 11.4. The third kappa shape index (κ3) is 3.99. The second-order valence-electron chi connectivity index (χ2n) is 3.39. The van der Waals surface area contributed by atoms with Gasteiger partial charge >= 0.3 is 6.03 Å². The minimum Gasteiger partial charge on any atom is -0.398 e. The van der Waals surface area contributed by atoms with Gasteiger partial charge in [-0.15, -0.1) is 11.8 Å². The summed E-state index contributed by atoms with van der Waals surface area (Å²) in [4.78, 5) is 23.2. The molecule has 0 atom stereocenters. The predicted octanol–water partition coefficient (Wildman–Crippen LogP) is 1.12.